The first kappa shape index (κ1) is 20.0. The number of Topliss-reactive ketones (excluding diaryl/α,β-unsaturated/α-hetero) is 1. The number of nitrogens with one attached hydrogen (secondary N) is 2. The predicted octanol–water partition coefficient (Wildman–Crippen LogP) is 2.55. The highest BCUT2D eigenvalue weighted by molar-refractivity contribution is 7.89. The second-order valence-corrected chi connectivity index (χ2v) is 8.20. The number of sulfonamides is 1. The highest BCUT2D eigenvalue weighted by atomic mass is 32.2. The first-order valence-electron chi connectivity index (χ1n) is 8.73. The number of amides is 2. The van der Waals surface area contributed by atoms with Gasteiger partial charge >= 0.3 is 6.03 Å². The Kier molecular flexibility index (Phi) is 6.08. The molecule has 0 spiro atoms. The van der Waals surface area contributed by atoms with E-state index in [0.29, 0.717) is 43.2 Å². The third-order valence-electron chi connectivity index (χ3n) is 4.23. The van der Waals surface area contributed by atoms with Gasteiger partial charge in [0.05, 0.1) is 18.1 Å². The van der Waals surface area contributed by atoms with Gasteiger partial charge in [-0.25, -0.2) is 13.2 Å². The van der Waals surface area contributed by atoms with Crippen LogP contribution < -0.4 is 10.6 Å². The maximum atomic E-state index is 12.7. The van der Waals surface area contributed by atoms with Crippen LogP contribution in [0.3, 0.4) is 0 Å². The van der Waals surface area contributed by atoms with E-state index in [4.69, 9.17) is 4.74 Å². The quantitative estimate of drug-likeness (QED) is 0.747. The van der Waals surface area contributed by atoms with E-state index in [9.17, 15) is 18.0 Å². The molecule has 2 N–H and O–H groups in total. The summed E-state index contributed by atoms with van der Waals surface area (Å²) in [5, 5.41) is 5.24. The van der Waals surface area contributed by atoms with Gasteiger partial charge in [0, 0.05) is 30.0 Å². The molecule has 2 aromatic rings. The molecule has 0 atom stereocenters. The minimum atomic E-state index is -3.65. The lowest BCUT2D eigenvalue weighted by molar-refractivity contribution is 0.0730. The van der Waals surface area contributed by atoms with E-state index >= 15 is 0 Å². The average Bonchev–Trinajstić information content (AvgIpc) is 2.69. The van der Waals surface area contributed by atoms with Crippen molar-refractivity contribution in [3.8, 4) is 0 Å². The molecule has 3 rings (SSSR count). The van der Waals surface area contributed by atoms with Crippen LogP contribution in [0.1, 0.15) is 17.3 Å². The number of nitrogens with zero attached hydrogens (tertiary/aromatic N) is 1. The molecule has 0 bridgehead atoms. The molecular weight excluding hydrogens is 382 g/mol. The second-order valence-electron chi connectivity index (χ2n) is 6.26. The number of urea groups is 1. The van der Waals surface area contributed by atoms with Gasteiger partial charge in [-0.05, 0) is 37.3 Å². The Morgan fingerprint density at radius 2 is 1.57 bits per heavy atom. The maximum absolute atomic E-state index is 12.7. The van der Waals surface area contributed by atoms with E-state index in [0.717, 1.165) is 0 Å². The lowest BCUT2D eigenvalue weighted by Gasteiger charge is -2.26. The molecule has 0 aromatic heterocycles. The molecule has 1 aliphatic heterocycles. The molecule has 0 aliphatic carbocycles. The van der Waals surface area contributed by atoms with Crippen molar-refractivity contribution in [2.24, 2.45) is 0 Å². The fourth-order valence-electron chi connectivity index (χ4n) is 2.78. The van der Waals surface area contributed by atoms with Crippen LogP contribution in [0, 0.1) is 0 Å². The molecule has 2 aromatic carbocycles. The molecule has 0 saturated carbocycles. The van der Waals surface area contributed by atoms with Crippen molar-refractivity contribution in [3.63, 3.8) is 0 Å². The van der Waals surface area contributed by atoms with Crippen molar-refractivity contribution in [1.82, 2.24) is 4.31 Å². The number of ketones is 1. The maximum Gasteiger partial charge on any atom is 0.323 e. The Hall–Kier alpha value is -2.75. The van der Waals surface area contributed by atoms with Crippen LogP contribution in [0.2, 0.25) is 0 Å². The van der Waals surface area contributed by atoms with Gasteiger partial charge in [-0.15, -0.1) is 0 Å². The summed E-state index contributed by atoms with van der Waals surface area (Å²) in [4.78, 5) is 23.8. The molecule has 0 unspecified atom stereocenters. The highest BCUT2D eigenvalue weighted by Gasteiger charge is 2.26. The number of carbonyl (C=O) groups is 2. The molecule has 1 saturated heterocycles. The summed E-state index contributed by atoms with van der Waals surface area (Å²) in [6.45, 7) is 2.76. The second kappa shape index (κ2) is 8.51. The molecule has 148 valence electrons. The third-order valence-corrected chi connectivity index (χ3v) is 6.12. The molecule has 1 heterocycles. The first-order valence-corrected chi connectivity index (χ1v) is 10.2. The Morgan fingerprint density at radius 1 is 0.964 bits per heavy atom. The number of carbonyl (C=O) groups excluding carboxylic acids is 2. The molecule has 0 radical (unpaired) electrons. The topological polar surface area (TPSA) is 105 Å². The lowest BCUT2D eigenvalue weighted by atomic mass is 10.1. The van der Waals surface area contributed by atoms with Gasteiger partial charge < -0.3 is 15.4 Å². The monoisotopic (exact) mass is 403 g/mol. The minimum absolute atomic E-state index is 0.103. The summed E-state index contributed by atoms with van der Waals surface area (Å²) in [5.41, 5.74) is 1.29. The summed E-state index contributed by atoms with van der Waals surface area (Å²) in [6, 6.07) is 12.1. The van der Waals surface area contributed by atoms with Crippen molar-refractivity contribution in [1.29, 1.82) is 0 Å². The number of hydrogen-bond acceptors (Lipinski definition) is 5. The fraction of sp³-hybridized carbons (Fsp3) is 0.263. The SMILES string of the molecule is CC(=O)c1cccc(NC(=O)Nc2cccc(S(=O)(=O)N3CCOCC3)c2)c1. The lowest BCUT2D eigenvalue weighted by Crippen LogP contribution is -2.40. The van der Waals surface area contributed by atoms with Gasteiger partial charge in [0.1, 0.15) is 0 Å². The molecule has 2 amide bonds. The number of morpholine rings is 1. The van der Waals surface area contributed by atoms with Crippen LogP contribution in [0.15, 0.2) is 53.4 Å². The number of hydrogen-bond donors (Lipinski definition) is 2. The van der Waals surface area contributed by atoms with Gasteiger partial charge in [0.25, 0.3) is 0 Å². The predicted molar refractivity (Wildman–Crippen MR) is 105 cm³/mol. The Labute approximate surface area is 163 Å². The van der Waals surface area contributed by atoms with Crippen molar-refractivity contribution in [2.75, 3.05) is 36.9 Å². The van der Waals surface area contributed by atoms with E-state index < -0.39 is 16.1 Å². The standard InChI is InChI=1S/C19H21N3O5S/c1-14(23)15-4-2-5-16(12-15)20-19(24)21-17-6-3-7-18(13-17)28(25,26)22-8-10-27-11-9-22/h2-7,12-13H,8-11H2,1H3,(H2,20,21,24). The van der Waals surface area contributed by atoms with Crippen LogP contribution in [0.4, 0.5) is 16.2 Å². The zero-order chi connectivity index (χ0) is 20.1. The summed E-state index contributed by atoms with van der Waals surface area (Å²) < 4.78 is 32.0. The molecule has 1 aliphatic rings. The third kappa shape index (κ3) is 4.75. The first-order chi connectivity index (χ1) is 13.4. The number of anilines is 2. The summed E-state index contributed by atoms with van der Waals surface area (Å²) in [5.74, 6) is -0.106. The normalized spacial score (nSPS) is 15.0. The summed E-state index contributed by atoms with van der Waals surface area (Å²) in [7, 11) is -3.65. The fourth-order valence-corrected chi connectivity index (χ4v) is 4.23. The van der Waals surface area contributed by atoms with Crippen LogP contribution in [-0.2, 0) is 14.8 Å². The largest absolute Gasteiger partial charge is 0.379 e. The Bertz CT molecular complexity index is 985. The smallest absolute Gasteiger partial charge is 0.323 e. The van der Waals surface area contributed by atoms with Gasteiger partial charge in [-0.1, -0.05) is 18.2 Å². The van der Waals surface area contributed by atoms with Crippen molar-refractivity contribution in [3.05, 3.63) is 54.1 Å². The number of rotatable bonds is 5. The van der Waals surface area contributed by atoms with Crippen LogP contribution in [0.5, 0.6) is 0 Å². The molecule has 9 heteroatoms. The van der Waals surface area contributed by atoms with E-state index in [1.807, 2.05) is 0 Å². The highest BCUT2D eigenvalue weighted by Crippen LogP contribution is 2.21. The van der Waals surface area contributed by atoms with Crippen LogP contribution in [-0.4, -0.2) is 50.8 Å². The minimum Gasteiger partial charge on any atom is -0.379 e. The number of ether oxygens (including phenoxy) is 1. The Balaban J connectivity index is 1.71. The van der Waals surface area contributed by atoms with Crippen LogP contribution >= 0.6 is 0 Å². The van der Waals surface area contributed by atoms with Gasteiger partial charge in [-0.2, -0.15) is 4.31 Å². The molecule has 8 nitrogen and oxygen atoms in total. The zero-order valence-corrected chi connectivity index (χ0v) is 16.2. The van der Waals surface area contributed by atoms with E-state index in [2.05, 4.69) is 10.6 Å². The van der Waals surface area contributed by atoms with Crippen molar-refractivity contribution < 1.29 is 22.7 Å². The van der Waals surface area contributed by atoms with Gasteiger partial charge in [-0.3, -0.25) is 4.79 Å². The van der Waals surface area contributed by atoms with Crippen molar-refractivity contribution in [2.45, 2.75) is 11.8 Å². The summed E-state index contributed by atoms with van der Waals surface area (Å²) in [6.07, 6.45) is 0. The molecular formula is C19H21N3O5S. The Morgan fingerprint density at radius 3 is 2.21 bits per heavy atom. The van der Waals surface area contributed by atoms with Gasteiger partial charge in [0.2, 0.25) is 10.0 Å². The number of benzene rings is 2. The summed E-state index contributed by atoms with van der Waals surface area (Å²) >= 11 is 0. The van der Waals surface area contributed by atoms with E-state index in [1.54, 1.807) is 36.4 Å². The molecule has 28 heavy (non-hydrogen) atoms. The average molecular weight is 403 g/mol. The van der Waals surface area contributed by atoms with E-state index in [-0.39, 0.29) is 10.7 Å². The van der Waals surface area contributed by atoms with Gasteiger partial charge in [0.15, 0.2) is 5.78 Å². The van der Waals surface area contributed by atoms with Crippen molar-refractivity contribution >= 4 is 33.2 Å². The zero-order valence-electron chi connectivity index (χ0n) is 15.3. The van der Waals surface area contributed by atoms with E-state index in [1.165, 1.54) is 23.4 Å². The van der Waals surface area contributed by atoms with Crippen LogP contribution in [0.25, 0.3) is 0 Å². The molecule has 1 fully saturated rings.